The van der Waals surface area contributed by atoms with Crippen LogP contribution in [0.4, 0.5) is 11.4 Å². The molecular formula is C24H18N4O2. The minimum Gasteiger partial charge on any atom is -0.476 e. The van der Waals surface area contributed by atoms with Gasteiger partial charge in [-0.2, -0.15) is 5.26 Å². The van der Waals surface area contributed by atoms with Gasteiger partial charge in [-0.05, 0) is 49.2 Å². The van der Waals surface area contributed by atoms with Crippen molar-refractivity contribution in [3.63, 3.8) is 0 Å². The van der Waals surface area contributed by atoms with Crippen molar-refractivity contribution in [2.24, 2.45) is 0 Å². The van der Waals surface area contributed by atoms with Crippen molar-refractivity contribution in [2.45, 2.75) is 13.8 Å². The zero-order valence-corrected chi connectivity index (χ0v) is 16.5. The Morgan fingerprint density at radius 2 is 1.90 bits per heavy atom. The third-order valence-electron chi connectivity index (χ3n) is 4.91. The van der Waals surface area contributed by atoms with Crippen LogP contribution in [0.1, 0.15) is 27.3 Å². The third kappa shape index (κ3) is 3.45. The van der Waals surface area contributed by atoms with Crippen LogP contribution in [0.15, 0.2) is 60.8 Å². The van der Waals surface area contributed by atoms with E-state index in [2.05, 4.69) is 15.3 Å². The standard InChI is InChI=1S/C24H18N4O2/c1-14-7-8-15(2)20(11-14)28-22-18-5-3-4-6-19(18)27-23(24(29)30)21(22)16-9-10-17(12-25)26-13-16/h3-11,13H,1-2H3,(H,27,28)(H,29,30). The van der Waals surface area contributed by atoms with E-state index in [1.54, 1.807) is 18.2 Å². The Kier molecular flexibility index (Phi) is 4.87. The Balaban J connectivity index is 2.05. The topological polar surface area (TPSA) is 98.9 Å². The first-order valence-corrected chi connectivity index (χ1v) is 9.35. The van der Waals surface area contributed by atoms with Crippen LogP contribution in [-0.4, -0.2) is 21.0 Å². The number of carboxylic acid groups (broad SMARTS) is 1. The summed E-state index contributed by atoms with van der Waals surface area (Å²) in [6.45, 7) is 4.00. The summed E-state index contributed by atoms with van der Waals surface area (Å²) in [6, 6.07) is 18.7. The zero-order chi connectivity index (χ0) is 21.3. The fourth-order valence-corrected chi connectivity index (χ4v) is 3.39. The molecule has 0 aliphatic carbocycles. The number of aryl methyl sites for hydroxylation is 2. The highest BCUT2D eigenvalue weighted by atomic mass is 16.4. The van der Waals surface area contributed by atoms with Gasteiger partial charge in [-0.15, -0.1) is 0 Å². The lowest BCUT2D eigenvalue weighted by Gasteiger charge is -2.19. The van der Waals surface area contributed by atoms with Gasteiger partial charge in [0.05, 0.1) is 11.2 Å². The number of para-hydroxylation sites is 1. The predicted molar refractivity (Wildman–Crippen MR) is 116 cm³/mol. The zero-order valence-electron chi connectivity index (χ0n) is 16.5. The fraction of sp³-hybridized carbons (Fsp3) is 0.0833. The molecule has 0 unspecified atom stereocenters. The number of carbonyl (C=O) groups is 1. The number of hydrogen-bond acceptors (Lipinski definition) is 5. The number of anilines is 2. The van der Waals surface area contributed by atoms with Gasteiger partial charge in [-0.1, -0.05) is 30.3 Å². The molecule has 0 amide bonds. The molecule has 2 aromatic carbocycles. The maximum Gasteiger partial charge on any atom is 0.355 e. The summed E-state index contributed by atoms with van der Waals surface area (Å²) in [5.41, 5.74) is 5.39. The molecule has 4 rings (SSSR count). The molecule has 0 saturated carbocycles. The van der Waals surface area contributed by atoms with Gasteiger partial charge in [0.25, 0.3) is 0 Å². The summed E-state index contributed by atoms with van der Waals surface area (Å²) in [4.78, 5) is 20.7. The minimum absolute atomic E-state index is 0.0759. The second kappa shape index (κ2) is 7.64. The van der Waals surface area contributed by atoms with Gasteiger partial charge >= 0.3 is 5.97 Å². The van der Waals surface area contributed by atoms with Crippen molar-refractivity contribution in [2.75, 3.05) is 5.32 Å². The van der Waals surface area contributed by atoms with Gasteiger partial charge < -0.3 is 10.4 Å². The Bertz CT molecular complexity index is 1320. The number of nitrogens with zero attached hydrogens (tertiary/aromatic N) is 3. The van der Waals surface area contributed by atoms with Crippen LogP contribution in [0.25, 0.3) is 22.0 Å². The van der Waals surface area contributed by atoms with Crippen LogP contribution >= 0.6 is 0 Å². The molecule has 2 aromatic heterocycles. The lowest BCUT2D eigenvalue weighted by Crippen LogP contribution is -2.08. The van der Waals surface area contributed by atoms with E-state index in [1.807, 2.05) is 56.3 Å². The fourth-order valence-electron chi connectivity index (χ4n) is 3.39. The Hall–Kier alpha value is -4.24. The predicted octanol–water partition coefficient (Wildman–Crippen LogP) is 5.23. The average Bonchev–Trinajstić information content (AvgIpc) is 2.76. The Labute approximate surface area is 173 Å². The van der Waals surface area contributed by atoms with Gasteiger partial charge in [0.1, 0.15) is 11.8 Å². The number of aromatic nitrogens is 2. The SMILES string of the molecule is Cc1ccc(C)c(Nc2c(-c3ccc(C#N)nc3)c(C(=O)O)nc3ccccc23)c1. The molecule has 2 N–H and O–H groups in total. The van der Waals surface area contributed by atoms with Crippen LogP contribution in [0.2, 0.25) is 0 Å². The van der Waals surface area contributed by atoms with Gasteiger partial charge in [0, 0.05) is 28.4 Å². The van der Waals surface area contributed by atoms with Crippen LogP contribution in [-0.2, 0) is 0 Å². The molecule has 0 bridgehead atoms. The van der Waals surface area contributed by atoms with Crippen molar-refractivity contribution >= 4 is 28.2 Å². The van der Waals surface area contributed by atoms with Crippen molar-refractivity contribution < 1.29 is 9.90 Å². The van der Waals surface area contributed by atoms with Crippen LogP contribution in [0, 0.1) is 25.2 Å². The normalized spacial score (nSPS) is 10.6. The molecule has 0 fully saturated rings. The van der Waals surface area contributed by atoms with E-state index in [4.69, 9.17) is 5.26 Å². The minimum atomic E-state index is -1.14. The highest BCUT2D eigenvalue weighted by Gasteiger charge is 2.22. The number of fused-ring (bicyclic) bond motifs is 1. The number of aromatic carboxylic acids is 1. The monoisotopic (exact) mass is 394 g/mol. The molecule has 6 heteroatoms. The van der Waals surface area contributed by atoms with Gasteiger partial charge in [0.2, 0.25) is 0 Å². The third-order valence-corrected chi connectivity index (χ3v) is 4.91. The number of hydrogen-bond donors (Lipinski definition) is 2. The van der Waals surface area contributed by atoms with Crippen LogP contribution in [0.5, 0.6) is 0 Å². The highest BCUT2D eigenvalue weighted by Crippen LogP contribution is 2.39. The summed E-state index contributed by atoms with van der Waals surface area (Å²) in [5, 5.41) is 23.2. The molecule has 0 aliphatic rings. The second-order valence-electron chi connectivity index (χ2n) is 7.02. The van der Waals surface area contributed by atoms with Crippen molar-refractivity contribution in [3.8, 4) is 17.2 Å². The van der Waals surface area contributed by atoms with E-state index in [9.17, 15) is 9.90 Å². The quantitative estimate of drug-likeness (QED) is 0.492. The Morgan fingerprint density at radius 3 is 2.60 bits per heavy atom. The maximum atomic E-state index is 12.1. The van der Waals surface area contributed by atoms with E-state index in [1.165, 1.54) is 6.20 Å². The lowest BCUT2D eigenvalue weighted by molar-refractivity contribution is 0.0692. The number of rotatable bonds is 4. The molecule has 30 heavy (non-hydrogen) atoms. The number of pyridine rings is 2. The average molecular weight is 394 g/mol. The molecule has 0 aliphatic heterocycles. The smallest absolute Gasteiger partial charge is 0.355 e. The van der Waals surface area contributed by atoms with E-state index in [0.29, 0.717) is 22.3 Å². The maximum absolute atomic E-state index is 12.1. The number of benzene rings is 2. The van der Waals surface area contributed by atoms with E-state index >= 15 is 0 Å². The van der Waals surface area contributed by atoms with Crippen molar-refractivity contribution in [1.82, 2.24) is 9.97 Å². The lowest BCUT2D eigenvalue weighted by atomic mass is 9.98. The molecule has 0 spiro atoms. The molecule has 146 valence electrons. The summed E-state index contributed by atoms with van der Waals surface area (Å²) in [6.07, 6.45) is 1.51. The Morgan fingerprint density at radius 1 is 1.10 bits per heavy atom. The molecule has 0 atom stereocenters. The second-order valence-corrected chi connectivity index (χ2v) is 7.02. The summed E-state index contributed by atoms with van der Waals surface area (Å²) < 4.78 is 0. The first kappa shape index (κ1) is 19.1. The highest BCUT2D eigenvalue weighted by molar-refractivity contribution is 6.08. The van der Waals surface area contributed by atoms with Crippen molar-refractivity contribution in [1.29, 1.82) is 5.26 Å². The van der Waals surface area contributed by atoms with E-state index < -0.39 is 5.97 Å². The molecule has 2 heterocycles. The molecule has 6 nitrogen and oxygen atoms in total. The van der Waals surface area contributed by atoms with E-state index in [0.717, 1.165) is 22.2 Å². The van der Waals surface area contributed by atoms with Crippen LogP contribution in [0.3, 0.4) is 0 Å². The molecular weight excluding hydrogens is 376 g/mol. The van der Waals surface area contributed by atoms with Crippen molar-refractivity contribution in [3.05, 3.63) is 83.3 Å². The van der Waals surface area contributed by atoms with Crippen LogP contribution < -0.4 is 5.32 Å². The number of carboxylic acids is 1. The largest absolute Gasteiger partial charge is 0.476 e. The van der Waals surface area contributed by atoms with Gasteiger partial charge in [0.15, 0.2) is 5.69 Å². The summed E-state index contributed by atoms with van der Waals surface area (Å²) in [7, 11) is 0. The van der Waals surface area contributed by atoms with E-state index in [-0.39, 0.29) is 11.4 Å². The molecule has 0 radical (unpaired) electrons. The van der Waals surface area contributed by atoms with Gasteiger partial charge in [-0.25, -0.2) is 14.8 Å². The number of nitriles is 1. The summed E-state index contributed by atoms with van der Waals surface area (Å²) >= 11 is 0. The first-order chi connectivity index (χ1) is 14.5. The first-order valence-electron chi connectivity index (χ1n) is 9.35. The summed E-state index contributed by atoms with van der Waals surface area (Å²) in [5.74, 6) is -1.14. The number of nitrogens with one attached hydrogen (secondary N) is 1. The van der Waals surface area contributed by atoms with Gasteiger partial charge in [-0.3, -0.25) is 0 Å². The molecule has 4 aromatic rings. The molecule has 0 saturated heterocycles.